The number of nitrogens with zero attached hydrogens (tertiary/aromatic N) is 1. The second kappa shape index (κ2) is 6.93. The average Bonchev–Trinajstić information content (AvgIpc) is 2.92. The maximum absolute atomic E-state index is 13.0. The molecule has 0 radical (unpaired) electrons. The molecule has 1 amide bonds. The number of carbonyl (C=O) groups excluding carboxylic acids is 1. The van der Waals surface area contributed by atoms with Crippen molar-refractivity contribution in [2.24, 2.45) is 23.5 Å². The van der Waals surface area contributed by atoms with Gasteiger partial charge in [0.2, 0.25) is 5.91 Å². The summed E-state index contributed by atoms with van der Waals surface area (Å²) in [6.45, 7) is 7.57. The van der Waals surface area contributed by atoms with Crippen LogP contribution in [0.2, 0.25) is 0 Å². The van der Waals surface area contributed by atoms with Gasteiger partial charge < -0.3 is 10.6 Å². The van der Waals surface area contributed by atoms with Crippen LogP contribution in [-0.2, 0) is 4.79 Å². The summed E-state index contributed by atoms with van der Waals surface area (Å²) in [4.78, 5) is 15.2. The largest absolute Gasteiger partial charge is 0.339 e. The van der Waals surface area contributed by atoms with Crippen LogP contribution in [0.4, 0.5) is 0 Å². The summed E-state index contributed by atoms with van der Waals surface area (Å²) >= 11 is 0. The first-order valence-corrected chi connectivity index (χ1v) is 8.55. The quantitative estimate of drug-likeness (QED) is 0.859. The second-order valence-electron chi connectivity index (χ2n) is 7.47. The van der Waals surface area contributed by atoms with Crippen LogP contribution in [0.5, 0.6) is 0 Å². The van der Waals surface area contributed by atoms with E-state index in [2.05, 4.69) is 25.7 Å². The van der Waals surface area contributed by atoms with Gasteiger partial charge >= 0.3 is 0 Å². The molecule has 0 saturated heterocycles. The third-order valence-corrected chi connectivity index (χ3v) is 5.20. The number of rotatable bonds is 4. The highest BCUT2D eigenvalue weighted by molar-refractivity contribution is 5.79. The zero-order valence-electron chi connectivity index (χ0n) is 13.5. The SMILES string of the molecule is CC(C)CN(C(=O)C1CCC(N)C(C)C1)C1CCCC1. The Balaban J connectivity index is 2.01. The van der Waals surface area contributed by atoms with E-state index in [0.29, 0.717) is 29.8 Å². The van der Waals surface area contributed by atoms with Crippen molar-refractivity contribution in [1.29, 1.82) is 0 Å². The Kier molecular flexibility index (Phi) is 5.48. The summed E-state index contributed by atoms with van der Waals surface area (Å²) in [7, 11) is 0. The van der Waals surface area contributed by atoms with Crippen LogP contribution >= 0.6 is 0 Å². The molecule has 2 fully saturated rings. The van der Waals surface area contributed by atoms with Gasteiger partial charge in [0, 0.05) is 24.5 Å². The predicted molar refractivity (Wildman–Crippen MR) is 83.3 cm³/mol. The Morgan fingerprint density at radius 3 is 2.40 bits per heavy atom. The summed E-state index contributed by atoms with van der Waals surface area (Å²) in [5.41, 5.74) is 6.09. The van der Waals surface area contributed by atoms with Gasteiger partial charge in [0.05, 0.1) is 0 Å². The van der Waals surface area contributed by atoms with E-state index in [4.69, 9.17) is 5.73 Å². The summed E-state index contributed by atoms with van der Waals surface area (Å²) in [6.07, 6.45) is 7.99. The van der Waals surface area contributed by atoms with Gasteiger partial charge in [-0.15, -0.1) is 0 Å². The number of carbonyl (C=O) groups is 1. The Bertz CT molecular complexity index is 323. The molecular formula is C17H32N2O. The molecule has 0 aromatic rings. The molecule has 3 unspecified atom stereocenters. The second-order valence-corrected chi connectivity index (χ2v) is 7.47. The fourth-order valence-electron chi connectivity index (χ4n) is 3.91. The molecule has 2 rings (SSSR count). The lowest BCUT2D eigenvalue weighted by Crippen LogP contribution is -2.47. The molecule has 0 bridgehead atoms. The third-order valence-electron chi connectivity index (χ3n) is 5.20. The number of amides is 1. The maximum Gasteiger partial charge on any atom is 0.225 e. The van der Waals surface area contributed by atoms with E-state index in [1.807, 2.05) is 0 Å². The van der Waals surface area contributed by atoms with Crippen molar-refractivity contribution in [3.8, 4) is 0 Å². The van der Waals surface area contributed by atoms with Gasteiger partial charge in [0.25, 0.3) is 0 Å². The standard InChI is InChI=1S/C17H32N2O/c1-12(2)11-19(15-6-4-5-7-15)17(20)14-8-9-16(18)13(3)10-14/h12-16H,4-11,18H2,1-3H3. The summed E-state index contributed by atoms with van der Waals surface area (Å²) < 4.78 is 0. The van der Waals surface area contributed by atoms with Gasteiger partial charge in [-0.05, 0) is 43.9 Å². The molecule has 116 valence electrons. The lowest BCUT2D eigenvalue weighted by Gasteiger charge is -2.37. The van der Waals surface area contributed by atoms with E-state index in [1.54, 1.807) is 0 Å². The predicted octanol–water partition coefficient (Wildman–Crippen LogP) is 3.18. The molecular weight excluding hydrogens is 248 g/mol. The highest BCUT2D eigenvalue weighted by atomic mass is 16.2. The number of hydrogen-bond acceptors (Lipinski definition) is 2. The van der Waals surface area contributed by atoms with Crippen LogP contribution in [0.15, 0.2) is 0 Å². The molecule has 0 aliphatic heterocycles. The topological polar surface area (TPSA) is 46.3 Å². The van der Waals surface area contributed by atoms with Gasteiger partial charge in [-0.1, -0.05) is 33.6 Å². The molecule has 3 heteroatoms. The molecule has 2 aliphatic rings. The molecule has 2 aliphatic carbocycles. The lowest BCUT2D eigenvalue weighted by atomic mass is 9.78. The molecule has 0 aromatic heterocycles. The van der Waals surface area contributed by atoms with Crippen molar-refractivity contribution < 1.29 is 4.79 Å². The van der Waals surface area contributed by atoms with E-state index < -0.39 is 0 Å². The highest BCUT2D eigenvalue weighted by Crippen LogP contribution is 2.32. The molecule has 2 saturated carbocycles. The van der Waals surface area contributed by atoms with E-state index in [-0.39, 0.29) is 5.92 Å². The zero-order chi connectivity index (χ0) is 14.7. The van der Waals surface area contributed by atoms with Crippen LogP contribution in [0.25, 0.3) is 0 Å². The minimum Gasteiger partial charge on any atom is -0.339 e. The van der Waals surface area contributed by atoms with Gasteiger partial charge in [-0.3, -0.25) is 4.79 Å². The molecule has 3 nitrogen and oxygen atoms in total. The Morgan fingerprint density at radius 1 is 1.20 bits per heavy atom. The van der Waals surface area contributed by atoms with E-state index >= 15 is 0 Å². The van der Waals surface area contributed by atoms with Crippen LogP contribution in [-0.4, -0.2) is 29.4 Å². The van der Waals surface area contributed by atoms with E-state index in [9.17, 15) is 4.79 Å². The monoisotopic (exact) mass is 280 g/mol. The Hall–Kier alpha value is -0.570. The summed E-state index contributed by atoms with van der Waals surface area (Å²) in [6, 6.07) is 0.805. The molecule has 20 heavy (non-hydrogen) atoms. The van der Waals surface area contributed by atoms with Crippen molar-refractivity contribution in [3.63, 3.8) is 0 Å². The maximum atomic E-state index is 13.0. The van der Waals surface area contributed by atoms with Gasteiger partial charge in [-0.25, -0.2) is 0 Å². The van der Waals surface area contributed by atoms with Crippen LogP contribution < -0.4 is 5.73 Å². The van der Waals surface area contributed by atoms with Crippen LogP contribution in [0, 0.1) is 17.8 Å². The van der Waals surface area contributed by atoms with E-state index in [1.165, 1.54) is 25.7 Å². The molecule has 0 heterocycles. The smallest absolute Gasteiger partial charge is 0.225 e. The fourth-order valence-corrected chi connectivity index (χ4v) is 3.91. The Labute approximate surface area is 124 Å². The minimum atomic E-state index is 0.226. The van der Waals surface area contributed by atoms with Crippen LogP contribution in [0.1, 0.15) is 65.7 Å². The van der Waals surface area contributed by atoms with Crippen molar-refractivity contribution in [2.45, 2.75) is 77.8 Å². The lowest BCUT2D eigenvalue weighted by molar-refractivity contribution is -0.140. The summed E-state index contributed by atoms with van der Waals surface area (Å²) in [5.74, 6) is 1.69. The van der Waals surface area contributed by atoms with Crippen molar-refractivity contribution in [3.05, 3.63) is 0 Å². The summed E-state index contributed by atoms with van der Waals surface area (Å²) in [5, 5.41) is 0. The third kappa shape index (κ3) is 3.75. The van der Waals surface area contributed by atoms with Crippen molar-refractivity contribution >= 4 is 5.91 Å². The minimum absolute atomic E-state index is 0.226. The fraction of sp³-hybridized carbons (Fsp3) is 0.941. The van der Waals surface area contributed by atoms with Gasteiger partial charge in [0.1, 0.15) is 0 Å². The first-order valence-electron chi connectivity index (χ1n) is 8.55. The van der Waals surface area contributed by atoms with Crippen molar-refractivity contribution in [1.82, 2.24) is 4.90 Å². The molecule has 2 N–H and O–H groups in total. The number of nitrogens with two attached hydrogens (primary N) is 1. The highest BCUT2D eigenvalue weighted by Gasteiger charge is 2.35. The average molecular weight is 280 g/mol. The normalized spacial score (nSPS) is 31.8. The van der Waals surface area contributed by atoms with Gasteiger partial charge in [-0.2, -0.15) is 0 Å². The first-order chi connectivity index (χ1) is 9.49. The molecule has 0 spiro atoms. The number of hydrogen-bond donors (Lipinski definition) is 1. The van der Waals surface area contributed by atoms with Crippen LogP contribution in [0.3, 0.4) is 0 Å². The molecule has 3 atom stereocenters. The first kappa shape index (κ1) is 15.8. The van der Waals surface area contributed by atoms with E-state index in [0.717, 1.165) is 25.8 Å². The van der Waals surface area contributed by atoms with Crippen molar-refractivity contribution in [2.75, 3.05) is 6.54 Å². The zero-order valence-corrected chi connectivity index (χ0v) is 13.5. The molecule has 0 aromatic carbocycles. The van der Waals surface area contributed by atoms with Gasteiger partial charge in [0.15, 0.2) is 0 Å². The Morgan fingerprint density at radius 2 is 1.85 bits per heavy atom.